The highest BCUT2D eigenvalue weighted by Crippen LogP contribution is 2.12. The molecule has 1 aromatic carbocycles. The van der Waals surface area contributed by atoms with Crippen LogP contribution in [0.3, 0.4) is 0 Å². The smallest absolute Gasteiger partial charge is 0.119 e. The van der Waals surface area contributed by atoms with Crippen LogP contribution in [0.2, 0.25) is 0 Å². The molecule has 0 unspecified atom stereocenters. The van der Waals surface area contributed by atoms with Gasteiger partial charge in [0, 0.05) is 0 Å². The number of unbranched alkanes of at least 4 members (excludes halogenated alkanes) is 8. The van der Waals surface area contributed by atoms with Crippen LogP contribution in [-0.4, -0.2) is 12.8 Å². The fourth-order valence-electron chi connectivity index (χ4n) is 2.43. The summed E-state index contributed by atoms with van der Waals surface area (Å²) in [6.07, 6.45) is 12.4. The van der Waals surface area contributed by atoms with Gasteiger partial charge in [0.15, 0.2) is 0 Å². The second kappa shape index (κ2) is 12.7. The van der Waals surface area contributed by atoms with E-state index >= 15 is 0 Å². The largest absolute Gasteiger partial charge is 0.494 e. The molecule has 0 spiro atoms. The van der Waals surface area contributed by atoms with Crippen LogP contribution in [-0.2, 0) is 0 Å². The molecule has 0 saturated carbocycles. The van der Waals surface area contributed by atoms with Crippen LogP contribution in [0.5, 0.6) is 5.75 Å². The first-order valence-corrected chi connectivity index (χ1v) is 8.48. The summed E-state index contributed by atoms with van der Waals surface area (Å²) in [5.74, 6) is 0.981. The van der Waals surface area contributed by atoms with Crippen molar-refractivity contribution in [2.45, 2.75) is 70.4 Å². The van der Waals surface area contributed by atoms with Crippen LogP contribution in [0, 0.1) is 0 Å². The van der Waals surface area contributed by atoms with E-state index in [1.165, 1.54) is 51.4 Å². The van der Waals surface area contributed by atoms with Crippen molar-refractivity contribution >= 4 is 0 Å². The fourth-order valence-corrected chi connectivity index (χ4v) is 2.43. The summed E-state index contributed by atoms with van der Waals surface area (Å²) < 4.78 is 5.68. The van der Waals surface area contributed by atoms with Crippen molar-refractivity contribution in [3.05, 3.63) is 30.3 Å². The Bertz CT molecular complexity index is 327. The molecule has 1 rings (SSSR count). The van der Waals surface area contributed by atoms with Crippen molar-refractivity contribution < 1.29 is 4.74 Å². The molecule has 3 nitrogen and oxygen atoms in total. The first kappa shape index (κ1) is 18.0. The Hall–Kier alpha value is -1.06. The van der Waals surface area contributed by atoms with Gasteiger partial charge in [0.05, 0.1) is 12.8 Å². The second-order valence-electron chi connectivity index (χ2n) is 5.80. The Morgan fingerprint density at radius 3 is 1.81 bits per heavy atom. The summed E-state index contributed by atoms with van der Waals surface area (Å²) in [5.41, 5.74) is 11.0. The lowest BCUT2D eigenvalue weighted by Gasteiger charge is -2.06. The topological polar surface area (TPSA) is 61.3 Å². The number of nitrogens with two attached hydrogens (primary N) is 2. The van der Waals surface area contributed by atoms with Crippen molar-refractivity contribution in [1.29, 1.82) is 0 Å². The van der Waals surface area contributed by atoms with Crippen LogP contribution in [0.15, 0.2) is 30.3 Å². The quantitative estimate of drug-likeness (QED) is 0.423. The molecule has 0 radical (unpaired) electrons. The number of benzene rings is 1. The summed E-state index contributed by atoms with van der Waals surface area (Å²) in [5, 5.41) is 0. The van der Waals surface area contributed by atoms with Gasteiger partial charge in [-0.1, -0.05) is 69.6 Å². The van der Waals surface area contributed by atoms with Gasteiger partial charge < -0.3 is 16.2 Å². The number of ether oxygens (including phenoxy) is 1. The van der Waals surface area contributed by atoms with Gasteiger partial charge in [-0.2, -0.15) is 0 Å². The van der Waals surface area contributed by atoms with E-state index in [4.69, 9.17) is 16.2 Å². The molecule has 0 aromatic heterocycles. The lowest BCUT2D eigenvalue weighted by atomic mass is 10.1. The van der Waals surface area contributed by atoms with E-state index in [0.717, 1.165) is 25.2 Å². The van der Waals surface area contributed by atoms with E-state index in [9.17, 15) is 0 Å². The van der Waals surface area contributed by atoms with Crippen LogP contribution < -0.4 is 16.2 Å². The standard InChI is InChI=1S/C18H32N2O/c19-18(20)15-11-6-4-2-1-3-5-7-12-16-21-17-13-9-8-10-14-17/h8-10,13-14,18H,1-7,11-12,15-16,19-20H2. The summed E-state index contributed by atoms with van der Waals surface area (Å²) in [6, 6.07) is 10.1. The molecule has 120 valence electrons. The molecule has 3 heteroatoms. The van der Waals surface area contributed by atoms with Gasteiger partial charge in [0.25, 0.3) is 0 Å². The maximum atomic E-state index is 5.68. The van der Waals surface area contributed by atoms with E-state index in [-0.39, 0.29) is 6.17 Å². The molecule has 0 saturated heterocycles. The van der Waals surface area contributed by atoms with Crippen LogP contribution in [0.25, 0.3) is 0 Å². The minimum Gasteiger partial charge on any atom is -0.494 e. The molecule has 0 aliphatic carbocycles. The second-order valence-corrected chi connectivity index (χ2v) is 5.80. The van der Waals surface area contributed by atoms with E-state index in [2.05, 4.69) is 0 Å². The minimum atomic E-state index is -0.122. The number of para-hydroxylation sites is 1. The van der Waals surface area contributed by atoms with Crippen molar-refractivity contribution in [2.24, 2.45) is 11.5 Å². The first-order chi connectivity index (χ1) is 10.3. The SMILES string of the molecule is NC(N)CCCCCCCCCCCOc1ccccc1. The zero-order valence-corrected chi connectivity index (χ0v) is 13.3. The van der Waals surface area contributed by atoms with Gasteiger partial charge >= 0.3 is 0 Å². The predicted octanol–water partition coefficient (Wildman–Crippen LogP) is 4.21. The fraction of sp³-hybridized carbons (Fsp3) is 0.667. The van der Waals surface area contributed by atoms with Crippen molar-refractivity contribution in [3.63, 3.8) is 0 Å². The molecule has 21 heavy (non-hydrogen) atoms. The lowest BCUT2D eigenvalue weighted by Crippen LogP contribution is -2.29. The molecule has 0 bridgehead atoms. The third-order valence-electron chi connectivity index (χ3n) is 3.69. The average Bonchev–Trinajstić information content (AvgIpc) is 2.49. The molecule has 4 N–H and O–H groups in total. The molecule has 1 aromatic rings. The van der Waals surface area contributed by atoms with E-state index < -0.39 is 0 Å². The highest BCUT2D eigenvalue weighted by Gasteiger charge is 1.96. The summed E-state index contributed by atoms with van der Waals surface area (Å²) in [7, 11) is 0. The van der Waals surface area contributed by atoms with Crippen molar-refractivity contribution in [2.75, 3.05) is 6.61 Å². The normalized spacial score (nSPS) is 11.0. The Kier molecular flexibility index (Phi) is 10.8. The maximum Gasteiger partial charge on any atom is 0.119 e. The summed E-state index contributed by atoms with van der Waals surface area (Å²) >= 11 is 0. The van der Waals surface area contributed by atoms with Gasteiger partial charge in [-0.3, -0.25) is 0 Å². The van der Waals surface area contributed by atoms with Gasteiger partial charge in [0.1, 0.15) is 5.75 Å². The van der Waals surface area contributed by atoms with Gasteiger partial charge in [0.2, 0.25) is 0 Å². The van der Waals surface area contributed by atoms with E-state index in [1.807, 2.05) is 30.3 Å². The zero-order chi connectivity index (χ0) is 15.2. The third-order valence-corrected chi connectivity index (χ3v) is 3.69. The molecule has 0 amide bonds. The summed E-state index contributed by atoms with van der Waals surface area (Å²) in [6.45, 7) is 0.837. The molecular formula is C18H32N2O. The Morgan fingerprint density at radius 2 is 1.24 bits per heavy atom. The molecule has 0 atom stereocenters. The zero-order valence-electron chi connectivity index (χ0n) is 13.3. The minimum absolute atomic E-state index is 0.122. The number of rotatable bonds is 13. The molecular weight excluding hydrogens is 260 g/mol. The Morgan fingerprint density at radius 1 is 0.714 bits per heavy atom. The number of hydrogen-bond donors (Lipinski definition) is 2. The average molecular weight is 292 g/mol. The maximum absolute atomic E-state index is 5.68. The number of hydrogen-bond acceptors (Lipinski definition) is 3. The monoisotopic (exact) mass is 292 g/mol. The molecule has 0 heterocycles. The Labute approximate surface area is 130 Å². The van der Waals surface area contributed by atoms with Crippen LogP contribution in [0.1, 0.15) is 64.2 Å². The first-order valence-electron chi connectivity index (χ1n) is 8.48. The predicted molar refractivity (Wildman–Crippen MR) is 90.3 cm³/mol. The van der Waals surface area contributed by atoms with Crippen molar-refractivity contribution in [3.8, 4) is 5.75 Å². The molecule has 0 aliphatic rings. The summed E-state index contributed by atoms with van der Waals surface area (Å²) in [4.78, 5) is 0. The van der Waals surface area contributed by atoms with Gasteiger partial charge in [-0.05, 0) is 25.0 Å². The van der Waals surface area contributed by atoms with E-state index in [1.54, 1.807) is 0 Å². The molecule has 0 fully saturated rings. The van der Waals surface area contributed by atoms with Crippen LogP contribution >= 0.6 is 0 Å². The lowest BCUT2D eigenvalue weighted by molar-refractivity contribution is 0.304. The van der Waals surface area contributed by atoms with E-state index in [0.29, 0.717) is 0 Å². The highest BCUT2D eigenvalue weighted by molar-refractivity contribution is 5.20. The van der Waals surface area contributed by atoms with Crippen LogP contribution in [0.4, 0.5) is 0 Å². The third kappa shape index (κ3) is 11.3. The highest BCUT2D eigenvalue weighted by atomic mass is 16.5. The van der Waals surface area contributed by atoms with Crippen molar-refractivity contribution in [1.82, 2.24) is 0 Å². The molecule has 0 aliphatic heterocycles. The van der Waals surface area contributed by atoms with Gasteiger partial charge in [-0.25, -0.2) is 0 Å². The van der Waals surface area contributed by atoms with Gasteiger partial charge in [-0.15, -0.1) is 0 Å². The Balaban J connectivity index is 1.77.